The molecule has 2 nitrogen and oxygen atoms in total. The smallest absolute Gasteiger partial charge is 0.116 e. The summed E-state index contributed by atoms with van der Waals surface area (Å²) in [6.45, 7) is 5.26. The summed E-state index contributed by atoms with van der Waals surface area (Å²) < 4.78 is 0. The number of phenolic OH excluding ortho intramolecular Hbond substituents is 1. The Bertz CT molecular complexity index is 317. The summed E-state index contributed by atoms with van der Waals surface area (Å²) in [7, 11) is 0. The van der Waals surface area contributed by atoms with E-state index in [0.717, 1.165) is 6.54 Å². The van der Waals surface area contributed by atoms with Gasteiger partial charge in [-0.25, -0.2) is 0 Å². The third kappa shape index (κ3) is 1.62. The van der Waals surface area contributed by atoms with Crippen LogP contribution >= 0.6 is 0 Å². The van der Waals surface area contributed by atoms with Crippen molar-refractivity contribution in [1.82, 2.24) is 5.32 Å². The Morgan fingerprint density at radius 1 is 1.29 bits per heavy atom. The van der Waals surface area contributed by atoms with E-state index in [4.69, 9.17) is 0 Å². The molecule has 14 heavy (non-hydrogen) atoms. The van der Waals surface area contributed by atoms with Gasteiger partial charge in [-0.1, -0.05) is 0 Å². The minimum Gasteiger partial charge on any atom is -0.508 e. The van der Waals surface area contributed by atoms with E-state index in [0.29, 0.717) is 11.8 Å². The van der Waals surface area contributed by atoms with Crippen LogP contribution in [-0.2, 0) is 0 Å². The number of hydrogen-bond donors (Lipinski definition) is 2. The number of nitrogens with one attached hydrogen (secondary N) is 1. The number of phenols is 1. The number of aromatic hydroxyl groups is 1. The maximum atomic E-state index is 9.44. The van der Waals surface area contributed by atoms with Crippen LogP contribution in [0.4, 0.5) is 0 Å². The van der Waals surface area contributed by atoms with Crippen LogP contribution in [0.1, 0.15) is 35.6 Å². The van der Waals surface area contributed by atoms with E-state index in [2.05, 4.69) is 19.2 Å². The molecule has 1 aliphatic rings. The van der Waals surface area contributed by atoms with Gasteiger partial charge in [0.05, 0.1) is 0 Å². The van der Waals surface area contributed by atoms with E-state index in [-0.39, 0.29) is 0 Å². The highest BCUT2D eigenvalue weighted by Gasteiger charge is 2.19. The van der Waals surface area contributed by atoms with Gasteiger partial charge in [-0.3, -0.25) is 0 Å². The van der Waals surface area contributed by atoms with Gasteiger partial charge >= 0.3 is 0 Å². The lowest BCUT2D eigenvalue weighted by molar-refractivity contribution is 0.473. The summed E-state index contributed by atoms with van der Waals surface area (Å²) in [5.74, 6) is 0.377. The Morgan fingerprint density at radius 2 is 1.93 bits per heavy atom. The Balaban J connectivity index is 2.40. The van der Waals surface area contributed by atoms with Crippen LogP contribution in [0.25, 0.3) is 0 Å². The molecule has 1 atom stereocenters. The van der Waals surface area contributed by atoms with Crippen LogP contribution in [-0.4, -0.2) is 11.7 Å². The van der Waals surface area contributed by atoms with E-state index in [1.165, 1.54) is 29.5 Å². The summed E-state index contributed by atoms with van der Waals surface area (Å²) in [5, 5.41) is 12.9. The number of rotatable bonds is 1. The lowest BCUT2D eigenvalue weighted by Gasteiger charge is -2.17. The first-order chi connectivity index (χ1) is 6.68. The summed E-state index contributed by atoms with van der Waals surface area (Å²) >= 11 is 0. The maximum Gasteiger partial charge on any atom is 0.116 e. The molecule has 76 valence electrons. The predicted molar refractivity (Wildman–Crippen MR) is 57.6 cm³/mol. The molecule has 0 bridgehead atoms. The second-order valence-corrected chi connectivity index (χ2v) is 4.14. The molecule has 1 unspecified atom stereocenters. The molecule has 2 heteroatoms. The summed E-state index contributed by atoms with van der Waals surface area (Å²) in [5.41, 5.74) is 3.77. The average molecular weight is 191 g/mol. The zero-order valence-corrected chi connectivity index (χ0v) is 8.80. The number of benzene rings is 1. The molecule has 1 fully saturated rings. The number of hydrogen-bond acceptors (Lipinski definition) is 2. The van der Waals surface area contributed by atoms with Crippen molar-refractivity contribution in [2.45, 2.75) is 32.7 Å². The lowest BCUT2D eigenvalue weighted by atomic mass is 9.95. The Labute approximate surface area is 85.0 Å². The maximum absolute atomic E-state index is 9.44. The molecular formula is C12H17NO. The molecule has 0 radical (unpaired) electrons. The first-order valence-electron chi connectivity index (χ1n) is 5.22. The van der Waals surface area contributed by atoms with Gasteiger partial charge in [0, 0.05) is 6.04 Å². The summed E-state index contributed by atoms with van der Waals surface area (Å²) in [4.78, 5) is 0. The molecule has 1 heterocycles. The van der Waals surface area contributed by atoms with Gasteiger partial charge in [0.1, 0.15) is 5.75 Å². The van der Waals surface area contributed by atoms with Gasteiger partial charge in [0.2, 0.25) is 0 Å². The van der Waals surface area contributed by atoms with E-state index >= 15 is 0 Å². The first-order valence-corrected chi connectivity index (χ1v) is 5.22. The molecule has 1 saturated heterocycles. The highest BCUT2D eigenvalue weighted by atomic mass is 16.3. The van der Waals surface area contributed by atoms with E-state index in [9.17, 15) is 5.11 Å². The van der Waals surface area contributed by atoms with Crippen LogP contribution in [0.2, 0.25) is 0 Å². The minimum absolute atomic E-state index is 0.377. The topological polar surface area (TPSA) is 32.3 Å². The standard InChI is InChI=1S/C12H17NO/c1-8-6-10(14)7-9(2)12(8)11-4-3-5-13-11/h6-7,11,13-14H,3-5H2,1-2H3. The fourth-order valence-electron chi connectivity index (χ4n) is 2.43. The van der Waals surface area contributed by atoms with Crippen molar-refractivity contribution in [2.75, 3.05) is 6.54 Å². The normalized spacial score (nSPS) is 21.4. The summed E-state index contributed by atoms with van der Waals surface area (Å²) in [6.07, 6.45) is 2.47. The van der Waals surface area contributed by atoms with Gasteiger partial charge in [0.25, 0.3) is 0 Å². The Kier molecular flexibility index (Phi) is 2.46. The average Bonchev–Trinajstić information content (AvgIpc) is 2.54. The molecular weight excluding hydrogens is 174 g/mol. The molecule has 0 saturated carbocycles. The van der Waals surface area contributed by atoms with Crippen molar-refractivity contribution in [3.63, 3.8) is 0 Å². The molecule has 2 N–H and O–H groups in total. The molecule has 2 rings (SSSR count). The third-order valence-electron chi connectivity index (χ3n) is 2.99. The second-order valence-electron chi connectivity index (χ2n) is 4.14. The van der Waals surface area contributed by atoms with E-state index in [1.54, 1.807) is 0 Å². The van der Waals surface area contributed by atoms with E-state index < -0.39 is 0 Å². The molecule has 1 aromatic carbocycles. The van der Waals surface area contributed by atoms with Crippen molar-refractivity contribution in [2.24, 2.45) is 0 Å². The van der Waals surface area contributed by atoms with Crippen LogP contribution < -0.4 is 5.32 Å². The number of aryl methyl sites for hydroxylation is 2. The van der Waals surface area contributed by atoms with Crippen molar-refractivity contribution in [1.29, 1.82) is 0 Å². The molecule has 0 spiro atoms. The zero-order chi connectivity index (χ0) is 10.1. The van der Waals surface area contributed by atoms with Crippen LogP contribution in [0, 0.1) is 13.8 Å². The minimum atomic E-state index is 0.377. The zero-order valence-electron chi connectivity index (χ0n) is 8.80. The molecule has 1 aliphatic heterocycles. The summed E-state index contributed by atoms with van der Waals surface area (Å²) in [6, 6.07) is 4.19. The van der Waals surface area contributed by atoms with Crippen LogP contribution in [0.5, 0.6) is 5.75 Å². The fraction of sp³-hybridized carbons (Fsp3) is 0.500. The SMILES string of the molecule is Cc1cc(O)cc(C)c1C1CCCN1. The highest BCUT2D eigenvalue weighted by molar-refractivity contribution is 5.42. The monoisotopic (exact) mass is 191 g/mol. The quantitative estimate of drug-likeness (QED) is 0.714. The highest BCUT2D eigenvalue weighted by Crippen LogP contribution is 2.30. The predicted octanol–water partition coefficient (Wildman–Crippen LogP) is 2.43. The van der Waals surface area contributed by atoms with Crippen LogP contribution in [0.3, 0.4) is 0 Å². The van der Waals surface area contributed by atoms with Crippen LogP contribution in [0.15, 0.2) is 12.1 Å². The first kappa shape index (κ1) is 9.53. The second kappa shape index (κ2) is 3.62. The van der Waals surface area contributed by atoms with Gasteiger partial charge < -0.3 is 10.4 Å². The molecule has 0 aliphatic carbocycles. The van der Waals surface area contributed by atoms with Crippen molar-refractivity contribution in [3.05, 3.63) is 28.8 Å². The Morgan fingerprint density at radius 3 is 2.43 bits per heavy atom. The van der Waals surface area contributed by atoms with Crippen molar-refractivity contribution < 1.29 is 5.11 Å². The van der Waals surface area contributed by atoms with Crippen molar-refractivity contribution >= 4 is 0 Å². The molecule has 0 aromatic heterocycles. The Hall–Kier alpha value is -1.02. The van der Waals surface area contributed by atoms with Gasteiger partial charge in [-0.05, 0) is 62.1 Å². The molecule has 0 amide bonds. The van der Waals surface area contributed by atoms with Gasteiger partial charge in [0.15, 0.2) is 0 Å². The van der Waals surface area contributed by atoms with E-state index in [1.807, 2.05) is 12.1 Å². The third-order valence-corrected chi connectivity index (χ3v) is 2.99. The van der Waals surface area contributed by atoms with Gasteiger partial charge in [-0.15, -0.1) is 0 Å². The molecule has 1 aromatic rings. The fourth-order valence-corrected chi connectivity index (χ4v) is 2.43. The largest absolute Gasteiger partial charge is 0.508 e. The van der Waals surface area contributed by atoms with Crippen molar-refractivity contribution in [3.8, 4) is 5.75 Å². The van der Waals surface area contributed by atoms with Gasteiger partial charge in [-0.2, -0.15) is 0 Å². The lowest BCUT2D eigenvalue weighted by Crippen LogP contribution is -2.15.